The molecular weight excluding hydrogens is 337 g/mol. The van der Waals surface area contributed by atoms with Crippen molar-refractivity contribution in [3.63, 3.8) is 0 Å². The fourth-order valence-electron chi connectivity index (χ4n) is 2.18. The Kier molecular flexibility index (Phi) is 6.38. The molecule has 0 bridgehead atoms. The SMILES string of the molecule is CC(=O)N/C(=C\c1ccccc1)C(=O)O[C@@H](C)C(=O)c1ccc(F)cc1. The molecule has 0 unspecified atom stereocenters. The summed E-state index contributed by atoms with van der Waals surface area (Å²) in [5.41, 5.74) is 0.827. The average molecular weight is 355 g/mol. The Balaban J connectivity index is 2.15. The number of ketones is 1. The zero-order valence-electron chi connectivity index (χ0n) is 14.4. The Morgan fingerprint density at radius 1 is 1.04 bits per heavy atom. The van der Waals surface area contributed by atoms with E-state index >= 15 is 0 Å². The van der Waals surface area contributed by atoms with Gasteiger partial charge in [0.15, 0.2) is 6.10 Å². The third-order valence-corrected chi connectivity index (χ3v) is 3.42. The standard InChI is InChI=1S/C20H18FNO4/c1-13(19(24)16-8-10-17(21)11-9-16)26-20(25)18(22-14(2)23)12-15-6-4-3-5-7-15/h3-13H,1-2H3,(H,22,23)/b18-12-/t13-/m0/s1. The van der Waals surface area contributed by atoms with Crippen LogP contribution in [0.25, 0.3) is 6.08 Å². The van der Waals surface area contributed by atoms with E-state index in [4.69, 9.17) is 4.74 Å². The van der Waals surface area contributed by atoms with Gasteiger partial charge in [-0.3, -0.25) is 9.59 Å². The maximum absolute atomic E-state index is 13.0. The number of nitrogens with one attached hydrogen (secondary N) is 1. The number of halogens is 1. The molecule has 0 heterocycles. The lowest BCUT2D eigenvalue weighted by molar-refractivity contribution is -0.142. The smallest absolute Gasteiger partial charge is 0.355 e. The van der Waals surface area contributed by atoms with Crippen LogP contribution in [0.1, 0.15) is 29.8 Å². The summed E-state index contributed by atoms with van der Waals surface area (Å²) in [6.07, 6.45) is 0.361. The van der Waals surface area contributed by atoms with Gasteiger partial charge in [-0.05, 0) is 42.8 Å². The summed E-state index contributed by atoms with van der Waals surface area (Å²) in [6, 6.07) is 13.8. The van der Waals surface area contributed by atoms with Gasteiger partial charge in [0.25, 0.3) is 0 Å². The Morgan fingerprint density at radius 3 is 2.23 bits per heavy atom. The van der Waals surface area contributed by atoms with Gasteiger partial charge in [-0.15, -0.1) is 0 Å². The van der Waals surface area contributed by atoms with Crippen molar-refractivity contribution in [3.8, 4) is 0 Å². The van der Waals surface area contributed by atoms with Gasteiger partial charge < -0.3 is 10.1 Å². The van der Waals surface area contributed by atoms with Crippen molar-refractivity contribution in [1.82, 2.24) is 5.32 Å². The minimum absolute atomic E-state index is 0.0811. The zero-order valence-corrected chi connectivity index (χ0v) is 14.4. The highest BCUT2D eigenvalue weighted by atomic mass is 19.1. The molecule has 0 radical (unpaired) electrons. The summed E-state index contributed by atoms with van der Waals surface area (Å²) >= 11 is 0. The molecule has 0 saturated carbocycles. The van der Waals surface area contributed by atoms with Crippen molar-refractivity contribution in [2.75, 3.05) is 0 Å². The second-order valence-corrected chi connectivity index (χ2v) is 5.57. The highest BCUT2D eigenvalue weighted by Crippen LogP contribution is 2.11. The van der Waals surface area contributed by atoms with Crippen LogP contribution >= 0.6 is 0 Å². The van der Waals surface area contributed by atoms with Crippen molar-refractivity contribution < 1.29 is 23.5 Å². The molecule has 0 aliphatic rings. The maximum Gasteiger partial charge on any atom is 0.355 e. The monoisotopic (exact) mass is 355 g/mol. The average Bonchev–Trinajstić information content (AvgIpc) is 2.61. The summed E-state index contributed by atoms with van der Waals surface area (Å²) in [4.78, 5) is 36.0. The number of hydrogen-bond donors (Lipinski definition) is 1. The number of rotatable bonds is 6. The number of carbonyl (C=O) groups excluding carboxylic acids is 3. The largest absolute Gasteiger partial charge is 0.450 e. The zero-order chi connectivity index (χ0) is 19.1. The highest BCUT2D eigenvalue weighted by molar-refractivity contribution is 6.03. The first-order chi connectivity index (χ1) is 12.4. The molecule has 2 aromatic carbocycles. The maximum atomic E-state index is 13.0. The molecule has 0 aromatic heterocycles. The van der Waals surface area contributed by atoms with E-state index in [1.165, 1.54) is 32.1 Å². The van der Waals surface area contributed by atoms with Gasteiger partial charge in [-0.2, -0.15) is 0 Å². The number of hydrogen-bond acceptors (Lipinski definition) is 4. The van der Waals surface area contributed by atoms with Crippen LogP contribution in [0.4, 0.5) is 4.39 Å². The van der Waals surface area contributed by atoms with Crippen LogP contribution in [-0.2, 0) is 14.3 Å². The number of benzene rings is 2. The fraction of sp³-hybridized carbons (Fsp3) is 0.150. The first-order valence-electron chi connectivity index (χ1n) is 7.92. The predicted molar refractivity (Wildman–Crippen MR) is 94.5 cm³/mol. The van der Waals surface area contributed by atoms with Gasteiger partial charge >= 0.3 is 5.97 Å². The number of carbonyl (C=O) groups is 3. The van der Waals surface area contributed by atoms with Crippen molar-refractivity contribution in [2.24, 2.45) is 0 Å². The molecule has 1 N–H and O–H groups in total. The van der Waals surface area contributed by atoms with Gasteiger partial charge in [-0.25, -0.2) is 9.18 Å². The molecule has 1 atom stereocenters. The van der Waals surface area contributed by atoms with Crippen LogP contribution in [-0.4, -0.2) is 23.8 Å². The summed E-state index contributed by atoms with van der Waals surface area (Å²) in [5, 5.41) is 2.41. The van der Waals surface area contributed by atoms with Crippen molar-refractivity contribution in [1.29, 1.82) is 0 Å². The summed E-state index contributed by atoms with van der Waals surface area (Å²) in [5.74, 6) is -2.22. The number of ether oxygens (including phenoxy) is 1. The Labute approximate surface area is 150 Å². The van der Waals surface area contributed by atoms with E-state index in [0.717, 1.165) is 12.1 Å². The molecule has 0 fully saturated rings. The quantitative estimate of drug-likeness (QED) is 0.491. The summed E-state index contributed by atoms with van der Waals surface area (Å²) < 4.78 is 18.1. The van der Waals surface area contributed by atoms with Gasteiger partial charge in [-0.1, -0.05) is 30.3 Å². The Bertz CT molecular complexity index is 829. The second-order valence-electron chi connectivity index (χ2n) is 5.57. The molecule has 0 aliphatic carbocycles. The van der Waals surface area contributed by atoms with Crippen molar-refractivity contribution in [3.05, 3.63) is 77.2 Å². The van der Waals surface area contributed by atoms with Gasteiger partial charge in [0.2, 0.25) is 11.7 Å². The van der Waals surface area contributed by atoms with Crippen LogP contribution in [0.2, 0.25) is 0 Å². The fourth-order valence-corrected chi connectivity index (χ4v) is 2.18. The lowest BCUT2D eigenvalue weighted by Crippen LogP contribution is -2.31. The van der Waals surface area contributed by atoms with E-state index in [9.17, 15) is 18.8 Å². The molecule has 0 saturated heterocycles. The Morgan fingerprint density at radius 2 is 1.65 bits per heavy atom. The minimum atomic E-state index is -1.10. The molecule has 2 aromatic rings. The lowest BCUT2D eigenvalue weighted by Gasteiger charge is -2.14. The van der Waals surface area contributed by atoms with Crippen LogP contribution < -0.4 is 5.32 Å². The molecule has 6 heteroatoms. The van der Waals surface area contributed by atoms with E-state index in [1.54, 1.807) is 24.3 Å². The van der Waals surface area contributed by atoms with E-state index < -0.39 is 29.6 Å². The minimum Gasteiger partial charge on any atom is -0.450 e. The molecule has 0 aliphatic heterocycles. The van der Waals surface area contributed by atoms with E-state index in [2.05, 4.69) is 5.32 Å². The molecule has 26 heavy (non-hydrogen) atoms. The van der Waals surface area contributed by atoms with E-state index in [1.807, 2.05) is 6.07 Å². The van der Waals surface area contributed by atoms with Crippen molar-refractivity contribution >= 4 is 23.7 Å². The lowest BCUT2D eigenvalue weighted by atomic mass is 10.1. The third-order valence-electron chi connectivity index (χ3n) is 3.42. The van der Waals surface area contributed by atoms with Gasteiger partial charge in [0.1, 0.15) is 11.5 Å². The number of amides is 1. The molecule has 0 spiro atoms. The van der Waals surface area contributed by atoms with E-state index in [0.29, 0.717) is 5.56 Å². The summed E-state index contributed by atoms with van der Waals surface area (Å²) in [6.45, 7) is 2.68. The van der Waals surface area contributed by atoms with Crippen LogP contribution in [0.5, 0.6) is 0 Å². The van der Waals surface area contributed by atoms with Gasteiger partial charge in [0.05, 0.1) is 0 Å². The second kappa shape index (κ2) is 8.71. The topological polar surface area (TPSA) is 72.5 Å². The highest BCUT2D eigenvalue weighted by Gasteiger charge is 2.22. The third kappa shape index (κ3) is 5.37. The summed E-state index contributed by atoms with van der Waals surface area (Å²) in [7, 11) is 0. The molecule has 2 rings (SSSR count). The molecule has 5 nitrogen and oxygen atoms in total. The molecule has 134 valence electrons. The van der Waals surface area contributed by atoms with Gasteiger partial charge in [0, 0.05) is 12.5 Å². The molecule has 1 amide bonds. The normalized spacial score (nSPS) is 12.2. The van der Waals surface area contributed by atoms with Crippen LogP contribution in [0.15, 0.2) is 60.3 Å². The molecular formula is C20H18FNO4. The Hall–Kier alpha value is -3.28. The van der Waals surface area contributed by atoms with Crippen LogP contribution in [0, 0.1) is 5.82 Å². The number of Topliss-reactive ketones (excluding diaryl/α,β-unsaturated/α-hetero) is 1. The first kappa shape index (κ1) is 19.1. The number of esters is 1. The first-order valence-corrected chi connectivity index (χ1v) is 7.92. The predicted octanol–water partition coefficient (Wildman–Crippen LogP) is 3.12. The van der Waals surface area contributed by atoms with E-state index in [-0.39, 0.29) is 11.3 Å². The van der Waals surface area contributed by atoms with Crippen molar-refractivity contribution in [2.45, 2.75) is 20.0 Å². The van der Waals surface area contributed by atoms with Crippen LogP contribution in [0.3, 0.4) is 0 Å².